The molecule has 5 nitrogen and oxygen atoms in total. The minimum absolute atomic E-state index is 0.113. The first-order valence-corrected chi connectivity index (χ1v) is 27.1. The average molecular weight is 847 g/mol. The van der Waals surface area contributed by atoms with Gasteiger partial charge in [-0.1, -0.05) is 108 Å². The van der Waals surface area contributed by atoms with Crippen molar-refractivity contribution in [3.8, 4) is 0 Å². The third-order valence-corrected chi connectivity index (χ3v) is 23.8. The van der Waals surface area contributed by atoms with Crippen LogP contribution in [0, 0.1) is 105 Å². The molecule has 348 valence electrons. The van der Waals surface area contributed by atoms with Crippen LogP contribution in [0.3, 0.4) is 0 Å². The highest BCUT2D eigenvalue weighted by atomic mass is 16.8. The van der Waals surface area contributed by atoms with Crippen molar-refractivity contribution in [3.63, 3.8) is 0 Å². The molecule has 0 unspecified atom stereocenters. The molecule has 2 saturated heterocycles. The molecule has 61 heavy (non-hydrogen) atoms. The van der Waals surface area contributed by atoms with Crippen molar-refractivity contribution >= 4 is 0 Å². The van der Waals surface area contributed by atoms with Crippen molar-refractivity contribution in [1.82, 2.24) is 0 Å². The lowest BCUT2D eigenvalue weighted by Crippen LogP contribution is -2.72. The predicted octanol–water partition coefficient (Wildman–Crippen LogP) is 13.9. The number of methoxy groups -OCH3 is 2. The van der Waals surface area contributed by atoms with Gasteiger partial charge in [0.05, 0.1) is 23.4 Å². The summed E-state index contributed by atoms with van der Waals surface area (Å²) in [6, 6.07) is 0. The van der Waals surface area contributed by atoms with Gasteiger partial charge in [-0.3, -0.25) is 0 Å². The molecule has 10 rings (SSSR count). The zero-order valence-corrected chi connectivity index (χ0v) is 41.6. The fraction of sp³-hybridized carbons (Fsp3) is 1.00. The second-order valence-electron chi connectivity index (χ2n) is 26.6. The molecule has 0 aromatic heterocycles. The molecular formula is C56H94O5. The lowest BCUT2D eigenvalue weighted by molar-refractivity contribution is -0.467. The smallest absolute Gasteiger partial charge is 0.167 e. The van der Waals surface area contributed by atoms with Gasteiger partial charge in [-0.2, -0.15) is 0 Å². The highest BCUT2D eigenvalue weighted by Crippen LogP contribution is 2.81. The fourth-order valence-corrected chi connectivity index (χ4v) is 20.9. The normalized spacial score (nSPS) is 55.2. The van der Waals surface area contributed by atoms with Crippen LogP contribution in [0.5, 0.6) is 0 Å². The lowest BCUT2D eigenvalue weighted by atomic mass is 9.53. The summed E-state index contributed by atoms with van der Waals surface area (Å²) in [5.41, 5.74) is 0.452. The third-order valence-electron chi connectivity index (χ3n) is 23.8. The molecule has 2 aliphatic heterocycles. The van der Waals surface area contributed by atoms with Gasteiger partial charge in [0, 0.05) is 49.7 Å². The summed E-state index contributed by atoms with van der Waals surface area (Å²) >= 11 is 0. The van der Waals surface area contributed by atoms with E-state index in [2.05, 4.69) is 69.2 Å². The van der Waals surface area contributed by atoms with Crippen LogP contribution in [0.4, 0.5) is 0 Å². The third kappa shape index (κ3) is 6.18. The Bertz CT molecular complexity index is 1480. The van der Waals surface area contributed by atoms with Crippen molar-refractivity contribution in [2.45, 2.75) is 234 Å². The topological polar surface area (TPSA) is 46.2 Å². The van der Waals surface area contributed by atoms with E-state index >= 15 is 0 Å². The van der Waals surface area contributed by atoms with E-state index < -0.39 is 0 Å². The average Bonchev–Trinajstić information content (AvgIpc) is 3.89. The first-order valence-electron chi connectivity index (χ1n) is 27.1. The van der Waals surface area contributed by atoms with E-state index in [1.807, 2.05) is 14.2 Å². The van der Waals surface area contributed by atoms with E-state index in [1.54, 1.807) is 0 Å². The highest BCUT2D eigenvalue weighted by Gasteiger charge is 2.83. The van der Waals surface area contributed by atoms with Crippen molar-refractivity contribution in [1.29, 1.82) is 0 Å². The minimum Gasteiger partial charge on any atom is -0.381 e. The summed E-state index contributed by atoms with van der Waals surface area (Å²) in [7, 11) is 3.96. The zero-order chi connectivity index (χ0) is 43.1. The number of hydrogen-bond acceptors (Lipinski definition) is 5. The Labute approximate surface area is 374 Å². The van der Waals surface area contributed by atoms with Gasteiger partial charge in [-0.15, -0.1) is 0 Å². The van der Waals surface area contributed by atoms with Crippen molar-refractivity contribution in [3.05, 3.63) is 0 Å². The molecule has 0 aromatic carbocycles. The highest BCUT2D eigenvalue weighted by molar-refractivity contribution is 5.28. The van der Waals surface area contributed by atoms with Gasteiger partial charge in [0.15, 0.2) is 12.6 Å². The van der Waals surface area contributed by atoms with Gasteiger partial charge in [0.2, 0.25) is 0 Å². The molecule has 0 amide bonds. The van der Waals surface area contributed by atoms with Gasteiger partial charge in [0.1, 0.15) is 0 Å². The van der Waals surface area contributed by atoms with Gasteiger partial charge in [0.25, 0.3) is 0 Å². The molecule has 0 radical (unpaired) electrons. The van der Waals surface area contributed by atoms with Crippen molar-refractivity contribution in [2.24, 2.45) is 105 Å². The van der Waals surface area contributed by atoms with Crippen molar-refractivity contribution < 1.29 is 23.7 Å². The first-order chi connectivity index (χ1) is 29.0. The molecule has 5 heteroatoms. The van der Waals surface area contributed by atoms with Crippen LogP contribution >= 0.6 is 0 Å². The molecule has 2 bridgehead atoms. The SMILES string of the molecule is CO[C@H]1CC[C@]2(C)[C@H]3CC[C@]4(C)[C@@H]([C@H](C)CCCC(C)C)CC[C@H]4[C@@H]3[C@H]3[C@H]4O[C@@H](O[C@]32C1)[C@@H]1[C@H]2[C@@H]3CC[C@H]([C@H](C)CCCC(C)C)[C@@]3(C)CC[C@@H]2[C@@]2(C)CC[C@H](OC)C[C@@]12O4. The molecular weight excluding hydrogens is 753 g/mol. The summed E-state index contributed by atoms with van der Waals surface area (Å²) in [4.78, 5) is 0. The quantitative estimate of drug-likeness (QED) is 0.196. The van der Waals surface area contributed by atoms with Gasteiger partial charge >= 0.3 is 0 Å². The van der Waals surface area contributed by atoms with Gasteiger partial charge in [-0.25, -0.2) is 0 Å². The maximum atomic E-state index is 8.36. The van der Waals surface area contributed by atoms with Crippen molar-refractivity contribution in [2.75, 3.05) is 14.2 Å². The van der Waals surface area contributed by atoms with E-state index in [0.717, 1.165) is 61.2 Å². The van der Waals surface area contributed by atoms with Gasteiger partial charge in [-0.05, 0) is 159 Å². The summed E-state index contributed by atoms with van der Waals surface area (Å²) in [5, 5.41) is 0. The molecule has 0 N–H and O–H groups in total. The summed E-state index contributed by atoms with van der Waals surface area (Å²) < 4.78 is 37.3. The Morgan fingerprint density at radius 3 is 1.28 bits per heavy atom. The van der Waals surface area contributed by atoms with Gasteiger partial charge < -0.3 is 23.7 Å². The summed E-state index contributed by atoms with van der Waals surface area (Å²) in [6.45, 7) is 25.9. The Balaban J connectivity index is 1.03. The molecule has 0 aromatic rings. The van der Waals surface area contributed by atoms with E-state index in [-0.39, 0.29) is 58.7 Å². The van der Waals surface area contributed by atoms with E-state index in [0.29, 0.717) is 46.3 Å². The van der Waals surface area contributed by atoms with Crippen LogP contribution in [0.2, 0.25) is 0 Å². The maximum absolute atomic E-state index is 8.36. The largest absolute Gasteiger partial charge is 0.381 e. The Morgan fingerprint density at radius 2 is 0.902 bits per heavy atom. The van der Waals surface area contributed by atoms with E-state index in [4.69, 9.17) is 23.7 Å². The maximum Gasteiger partial charge on any atom is 0.167 e. The second-order valence-corrected chi connectivity index (χ2v) is 26.6. The predicted molar refractivity (Wildman–Crippen MR) is 246 cm³/mol. The summed E-state index contributed by atoms with van der Waals surface area (Å²) in [6.07, 6.45) is 26.2. The second kappa shape index (κ2) is 15.7. The van der Waals surface area contributed by atoms with Crippen LogP contribution in [0.25, 0.3) is 0 Å². The monoisotopic (exact) mass is 847 g/mol. The molecule has 2 heterocycles. The molecule has 10 fully saturated rings. The van der Waals surface area contributed by atoms with Crippen LogP contribution in [0.1, 0.15) is 198 Å². The lowest BCUT2D eigenvalue weighted by Gasteiger charge is -2.65. The molecule has 8 saturated carbocycles. The molecule has 10 aliphatic rings. The Hall–Kier alpha value is -0.200. The van der Waals surface area contributed by atoms with Crippen LogP contribution in [0.15, 0.2) is 0 Å². The first kappa shape index (κ1) is 44.6. The fourth-order valence-electron chi connectivity index (χ4n) is 20.9. The Morgan fingerprint density at radius 1 is 0.492 bits per heavy atom. The van der Waals surface area contributed by atoms with E-state index in [9.17, 15) is 0 Å². The number of hydrogen-bond donors (Lipinski definition) is 0. The zero-order valence-electron chi connectivity index (χ0n) is 41.6. The van der Waals surface area contributed by atoms with Crippen LogP contribution < -0.4 is 0 Å². The number of fused-ring (bicyclic) bond motifs is 14. The number of ether oxygens (including phenoxy) is 5. The Kier molecular flexibility index (Phi) is 11.5. The molecule has 8 aliphatic carbocycles. The van der Waals surface area contributed by atoms with Crippen LogP contribution in [-0.4, -0.2) is 50.2 Å². The van der Waals surface area contributed by atoms with E-state index in [1.165, 1.54) is 103 Å². The summed E-state index contributed by atoms with van der Waals surface area (Å²) in [5.74, 6) is 9.27. The molecule has 2 spiro atoms. The minimum atomic E-state index is -0.270. The standard InChI is InChI=1S/C56H94O5/c1-33(2)15-13-17-35(5)39-19-21-41-45-43(25-27-51(39,41)7)53(9)29-23-37(57-11)31-55(53)47(45)49-59-50(61-55)48-46-42-22-20-40(36(6)18-14-16-34(3)4)52(42,8)28-26-44(46)54(10)30-24-38(58-12)32-56(48,54)60-49/h33-50H,13-32H2,1-12H3/t35-,36-,37+,38+,39-,40-,41+,42+,43+,44+,45+,46+,47+,48+,49+,50+,51-,52-,53-,54-,55-,56-/m1/s1. The molecule has 22 atom stereocenters. The van der Waals surface area contributed by atoms with Crippen LogP contribution in [-0.2, 0) is 23.7 Å². The number of rotatable bonds is 12.